The molecule has 0 saturated heterocycles. The Morgan fingerprint density at radius 1 is 1.43 bits per heavy atom. The molecule has 2 heterocycles. The SMILES string of the molecule is CCNc1ncc(S(=O)(=O)NCc2ccn(C)n2)cc1Cl. The van der Waals surface area contributed by atoms with Gasteiger partial charge in [0.15, 0.2) is 0 Å². The molecule has 0 aromatic carbocycles. The maximum atomic E-state index is 12.2. The van der Waals surface area contributed by atoms with E-state index in [1.807, 2.05) is 6.92 Å². The monoisotopic (exact) mass is 329 g/mol. The maximum absolute atomic E-state index is 12.2. The molecule has 2 N–H and O–H groups in total. The highest BCUT2D eigenvalue weighted by molar-refractivity contribution is 7.89. The van der Waals surface area contributed by atoms with Crippen molar-refractivity contribution in [2.24, 2.45) is 7.05 Å². The number of halogens is 1. The summed E-state index contributed by atoms with van der Waals surface area (Å²) >= 11 is 6.00. The number of hydrogen-bond acceptors (Lipinski definition) is 5. The van der Waals surface area contributed by atoms with Crippen LogP contribution >= 0.6 is 11.6 Å². The lowest BCUT2D eigenvalue weighted by Crippen LogP contribution is -2.23. The molecule has 0 unspecified atom stereocenters. The van der Waals surface area contributed by atoms with Crippen LogP contribution in [0.3, 0.4) is 0 Å². The maximum Gasteiger partial charge on any atom is 0.242 e. The fourth-order valence-electron chi connectivity index (χ4n) is 1.67. The van der Waals surface area contributed by atoms with Crippen LogP contribution in [0.15, 0.2) is 29.4 Å². The van der Waals surface area contributed by atoms with Gasteiger partial charge in [-0.05, 0) is 19.1 Å². The Balaban J connectivity index is 2.13. The first kappa shape index (κ1) is 15.7. The summed E-state index contributed by atoms with van der Waals surface area (Å²) in [4.78, 5) is 4.03. The van der Waals surface area contributed by atoms with Crippen LogP contribution in [0.5, 0.6) is 0 Å². The highest BCUT2D eigenvalue weighted by atomic mass is 35.5. The summed E-state index contributed by atoms with van der Waals surface area (Å²) < 4.78 is 28.4. The van der Waals surface area contributed by atoms with E-state index in [4.69, 9.17) is 11.6 Å². The lowest BCUT2D eigenvalue weighted by Gasteiger charge is -2.08. The van der Waals surface area contributed by atoms with Crippen LogP contribution in [0.1, 0.15) is 12.6 Å². The van der Waals surface area contributed by atoms with Crippen molar-refractivity contribution in [3.63, 3.8) is 0 Å². The van der Waals surface area contributed by atoms with Crippen molar-refractivity contribution in [2.45, 2.75) is 18.4 Å². The number of sulfonamides is 1. The molecule has 0 bridgehead atoms. The van der Waals surface area contributed by atoms with Gasteiger partial charge in [-0.25, -0.2) is 18.1 Å². The molecule has 2 rings (SSSR count). The van der Waals surface area contributed by atoms with E-state index < -0.39 is 10.0 Å². The zero-order valence-electron chi connectivity index (χ0n) is 11.7. The van der Waals surface area contributed by atoms with Crippen molar-refractivity contribution in [3.8, 4) is 0 Å². The third kappa shape index (κ3) is 3.93. The van der Waals surface area contributed by atoms with E-state index in [1.165, 1.54) is 12.3 Å². The van der Waals surface area contributed by atoms with Gasteiger partial charge in [0.2, 0.25) is 10.0 Å². The van der Waals surface area contributed by atoms with Gasteiger partial charge in [-0.1, -0.05) is 11.6 Å². The molecular weight excluding hydrogens is 314 g/mol. The van der Waals surface area contributed by atoms with Crippen molar-refractivity contribution in [1.82, 2.24) is 19.5 Å². The molecule has 0 aliphatic carbocycles. The molecule has 0 atom stereocenters. The number of nitrogens with one attached hydrogen (secondary N) is 2. The van der Waals surface area contributed by atoms with Crippen LogP contribution in [0.4, 0.5) is 5.82 Å². The molecule has 0 spiro atoms. The van der Waals surface area contributed by atoms with Gasteiger partial charge in [0.05, 0.1) is 17.3 Å². The minimum absolute atomic E-state index is 0.0186. The number of rotatable bonds is 6. The van der Waals surface area contributed by atoms with Crippen molar-refractivity contribution < 1.29 is 8.42 Å². The van der Waals surface area contributed by atoms with Gasteiger partial charge in [-0.3, -0.25) is 4.68 Å². The predicted molar refractivity (Wildman–Crippen MR) is 80.6 cm³/mol. The van der Waals surface area contributed by atoms with Crippen molar-refractivity contribution in [3.05, 3.63) is 35.2 Å². The first-order valence-electron chi connectivity index (χ1n) is 6.30. The van der Waals surface area contributed by atoms with Gasteiger partial charge in [-0.2, -0.15) is 5.10 Å². The highest BCUT2D eigenvalue weighted by Gasteiger charge is 2.16. The average Bonchev–Trinajstić information content (AvgIpc) is 2.85. The van der Waals surface area contributed by atoms with Gasteiger partial charge in [0.25, 0.3) is 0 Å². The minimum atomic E-state index is -3.68. The second-order valence-corrected chi connectivity index (χ2v) is 6.51. The summed E-state index contributed by atoms with van der Waals surface area (Å²) in [7, 11) is -1.91. The summed E-state index contributed by atoms with van der Waals surface area (Å²) in [6.07, 6.45) is 3.01. The van der Waals surface area contributed by atoms with E-state index >= 15 is 0 Å². The molecule has 0 saturated carbocycles. The zero-order valence-corrected chi connectivity index (χ0v) is 13.2. The van der Waals surface area contributed by atoms with Crippen molar-refractivity contribution in [2.75, 3.05) is 11.9 Å². The van der Waals surface area contributed by atoms with Crippen LogP contribution in [0.2, 0.25) is 5.02 Å². The fourth-order valence-corrected chi connectivity index (χ4v) is 2.94. The summed E-state index contributed by atoms with van der Waals surface area (Å²) in [6.45, 7) is 2.66. The lowest BCUT2D eigenvalue weighted by molar-refractivity contribution is 0.579. The average molecular weight is 330 g/mol. The molecule has 2 aromatic heterocycles. The first-order chi connectivity index (χ1) is 9.92. The Kier molecular flexibility index (Phi) is 4.81. The second-order valence-electron chi connectivity index (χ2n) is 4.34. The van der Waals surface area contributed by atoms with Crippen molar-refractivity contribution >= 4 is 27.4 Å². The largest absolute Gasteiger partial charge is 0.369 e. The molecule has 0 radical (unpaired) electrons. The van der Waals surface area contributed by atoms with Crippen LogP contribution in [-0.4, -0.2) is 29.7 Å². The normalized spacial score (nSPS) is 11.6. The first-order valence-corrected chi connectivity index (χ1v) is 8.16. The van der Waals surface area contributed by atoms with Crippen LogP contribution in [-0.2, 0) is 23.6 Å². The predicted octanol–water partition coefficient (Wildman–Crippen LogP) is 1.38. The quantitative estimate of drug-likeness (QED) is 0.835. The third-order valence-corrected chi connectivity index (χ3v) is 4.34. The number of hydrogen-bond donors (Lipinski definition) is 2. The van der Waals surface area contributed by atoms with Gasteiger partial charge in [0.1, 0.15) is 10.7 Å². The molecule has 0 aliphatic heterocycles. The molecule has 0 fully saturated rings. The van der Waals surface area contributed by atoms with E-state index in [-0.39, 0.29) is 16.5 Å². The Morgan fingerprint density at radius 2 is 2.19 bits per heavy atom. The van der Waals surface area contributed by atoms with Gasteiger partial charge in [0, 0.05) is 26.0 Å². The Labute approximate surface area is 128 Å². The van der Waals surface area contributed by atoms with E-state index in [2.05, 4.69) is 20.1 Å². The van der Waals surface area contributed by atoms with E-state index in [0.29, 0.717) is 18.1 Å². The summed E-state index contributed by atoms with van der Waals surface area (Å²) in [5.41, 5.74) is 0.629. The Hall–Kier alpha value is -1.64. The summed E-state index contributed by atoms with van der Waals surface area (Å²) in [5, 5.41) is 7.31. The standard InChI is InChI=1S/C12H16ClN5O2S/c1-3-14-12-11(13)6-10(8-15-12)21(19,20)16-7-9-4-5-18(2)17-9/h4-6,8,16H,3,7H2,1-2H3,(H,14,15). The van der Waals surface area contributed by atoms with Crippen LogP contribution in [0.25, 0.3) is 0 Å². The smallest absolute Gasteiger partial charge is 0.242 e. The molecule has 21 heavy (non-hydrogen) atoms. The third-order valence-electron chi connectivity index (χ3n) is 2.68. The molecular formula is C12H16ClN5O2S. The number of pyridine rings is 1. The summed E-state index contributed by atoms with van der Waals surface area (Å²) in [5.74, 6) is 0.461. The molecule has 9 heteroatoms. The van der Waals surface area contributed by atoms with Gasteiger partial charge >= 0.3 is 0 Å². The number of anilines is 1. The van der Waals surface area contributed by atoms with Crippen molar-refractivity contribution in [1.29, 1.82) is 0 Å². The number of aromatic nitrogens is 3. The molecule has 0 aliphatic rings. The van der Waals surface area contributed by atoms with Crippen LogP contribution < -0.4 is 10.0 Å². The Bertz CT molecular complexity index is 729. The Morgan fingerprint density at radius 3 is 2.76 bits per heavy atom. The molecule has 7 nitrogen and oxygen atoms in total. The van der Waals surface area contributed by atoms with Gasteiger partial charge < -0.3 is 5.32 Å². The van der Waals surface area contributed by atoms with E-state index in [0.717, 1.165) is 0 Å². The molecule has 2 aromatic rings. The molecule has 0 amide bonds. The highest BCUT2D eigenvalue weighted by Crippen LogP contribution is 2.22. The summed E-state index contributed by atoms with van der Waals surface area (Å²) in [6, 6.07) is 3.11. The topological polar surface area (TPSA) is 88.9 Å². The number of aryl methyl sites for hydroxylation is 1. The van der Waals surface area contributed by atoms with Gasteiger partial charge in [-0.15, -0.1) is 0 Å². The molecule has 114 valence electrons. The van der Waals surface area contributed by atoms with E-state index in [1.54, 1.807) is 24.0 Å². The second kappa shape index (κ2) is 6.42. The fraction of sp³-hybridized carbons (Fsp3) is 0.333. The number of nitrogens with zero attached hydrogens (tertiary/aromatic N) is 3. The van der Waals surface area contributed by atoms with Crippen LogP contribution in [0, 0.1) is 0 Å². The van der Waals surface area contributed by atoms with E-state index in [9.17, 15) is 8.42 Å². The lowest BCUT2D eigenvalue weighted by atomic mass is 10.4. The minimum Gasteiger partial charge on any atom is -0.369 e. The zero-order chi connectivity index (χ0) is 15.5.